The fourth-order valence-electron chi connectivity index (χ4n) is 21.6. The number of nitrogens with one attached hydrogen (secondary N) is 5. The largest absolute Gasteiger partial charge is 0.381 e. The summed E-state index contributed by atoms with van der Waals surface area (Å²) in [5.41, 5.74) is 15.2. The first kappa shape index (κ1) is 92.4. The number of aromatic nitrogens is 10. The van der Waals surface area contributed by atoms with Crippen molar-refractivity contribution in [2.75, 3.05) is 101 Å². The zero-order chi connectivity index (χ0) is 81.2. The molecule has 0 aromatic carbocycles. The third kappa shape index (κ3) is 28.6. The van der Waals surface area contributed by atoms with E-state index in [1.807, 2.05) is 31.0 Å². The molecule has 0 bridgehead atoms. The zero-order valence-electron chi connectivity index (χ0n) is 75.3. The molecule has 0 atom stereocenters. The minimum absolute atomic E-state index is 0.231. The van der Waals surface area contributed by atoms with E-state index >= 15 is 0 Å². The van der Waals surface area contributed by atoms with Crippen LogP contribution >= 0.6 is 0 Å². The first-order valence-corrected chi connectivity index (χ1v) is 48.3. The van der Waals surface area contributed by atoms with Gasteiger partial charge in [-0.3, -0.25) is 25.5 Å². The molecule has 0 unspecified atom stereocenters. The molecular formula is C96H167N15O5. The number of rotatable bonds is 34. The Bertz CT molecular complexity index is 3060. The van der Waals surface area contributed by atoms with Crippen LogP contribution in [0, 0.1) is 10.8 Å². The second-order valence-corrected chi connectivity index (χ2v) is 38.8. The van der Waals surface area contributed by atoms with Gasteiger partial charge in [0, 0.05) is 138 Å². The number of hydrogen-bond acceptors (Lipinski definition) is 15. The molecule has 7 aliphatic carbocycles. The highest BCUT2D eigenvalue weighted by Gasteiger charge is 2.43. The summed E-state index contributed by atoms with van der Waals surface area (Å²) in [6.07, 6.45) is 68.6. The summed E-state index contributed by atoms with van der Waals surface area (Å²) in [5.74, 6) is 3.27. The van der Waals surface area contributed by atoms with Crippen molar-refractivity contribution < 1.29 is 23.7 Å². The monoisotopic (exact) mass is 1610 g/mol. The minimum atomic E-state index is 0.231. The van der Waals surface area contributed by atoms with Crippen molar-refractivity contribution in [2.45, 2.75) is 409 Å². The standard InChI is InChI=1S/2C21H37N3O.3C18H31N3O/c2*1-3-4-14-24(2)16-18-15-22-23-21(18)17-10-12-20(13-11-17)25-19-8-6-5-7-9-19;1-3-4-11-21(2)14-16-13-19-20-17(16)15-6-9-18(10-7-15)8-5-12-22-18;2*1-3-4-10-21(2)13-16-12-19-20-17(16)15-5-7-18(8-6-15)9-11-22-14-18/h2*15,17,19-20H,3-14,16H2,1-2H3,(H,22,23);13,15H,3-12,14H2,1-2H3,(H,19,20);2*12,15H,3-11,13-14H2,1-2H3,(H,19,20). The van der Waals surface area contributed by atoms with Crippen LogP contribution in [-0.2, 0) is 56.4 Å². The smallest absolute Gasteiger partial charge is 0.0683 e. The summed E-state index contributed by atoms with van der Waals surface area (Å²) in [7, 11) is 11.1. The van der Waals surface area contributed by atoms with E-state index in [4.69, 9.17) is 23.7 Å². The van der Waals surface area contributed by atoms with Gasteiger partial charge in [0.05, 0.1) is 74.2 Å². The van der Waals surface area contributed by atoms with Gasteiger partial charge >= 0.3 is 0 Å². The molecule has 0 radical (unpaired) electrons. The number of aromatic amines is 5. The Hall–Kier alpha value is -4.35. The summed E-state index contributed by atoms with van der Waals surface area (Å²) in [6.45, 7) is 27.1. The van der Waals surface area contributed by atoms with Gasteiger partial charge in [0.15, 0.2) is 0 Å². The molecule has 3 aliphatic heterocycles. The molecule has 20 heteroatoms. The highest BCUT2D eigenvalue weighted by molar-refractivity contribution is 5.26. The number of hydrogen-bond donors (Lipinski definition) is 5. The number of ether oxygens (including phenoxy) is 5. The molecule has 10 fully saturated rings. The average Bonchev–Trinajstić information content (AvgIpc) is 1.60. The predicted octanol–water partition coefficient (Wildman–Crippen LogP) is 21.3. The molecule has 20 nitrogen and oxygen atoms in total. The lowest BCUT2D eigenvalue weighted by molar-refractivity contribution is -0.0475. The van der Waals surface area contributed by atoms with Crippen LogP contribution < -0.4 is 0 Å². The third-order valence-electron chi connectivity index (χ3n) is 29.2. The van der Waals surface area contributed by atoms with Crippen LogP contribution in [0.1, 0.15) is 403 Å². The van der Waals surface area contributed by atoms with Gasteiger partial charge in [-0.1, -0.05) is 105 Å². The Kier molecular flexibility index (Phi) is 39.1. The Morgan fingerprint density at radius 2 is 0.578 bits per heavy atom. The number of H-pyrrole nitrogens is 5. The molecule has 3 spiro atoms. The number of nitrogens with zero attached hydrogens (tertiary/aromatic N) is 10. The van der Waals surface area contributed by atoms with Crippen LogP contribution in [0.25, 0.3) is 0 Å². The molecule has 3 saturated heterocycles. The van der Waals surface area contributed by atoms with E-state index in [2.05, 4.69) is 145 Å². The van der Waals surface area contributed by atoms with Crippen LogP contribution in [0.4, 0.5) is 0 Å². The summed E-state index contributed by atoms with van der Waals surface area (Å²) in [5, 5.41) is 38.3. The quantitative estimate of drug-likeness (QED) is 0.0260. The molecule has 8 heterocycles. The molecule has 5 N–H and O–H groups in total. The van der Waals surface area contributed by atoms with E-state index in [-0.39, 0.29) is 5.60 Å². The summed E-state index contributed by atoms with van der Waals surface area (Å²) >= 11 is 0. The maximum atomic E-state index is 6.40. The van der Waals surface area contributed by atoms with Crippen molar-refractivity contribution in [3.8, 4) is 0 Å². The van der Waals surface area contributed by atoms with Crippen LogP contribution in [0.3, 0.4) is 0 Å². The second kappa shape index (κ2) is 49.1. The zero-order valence-corrected chi connectivity index (χ0v) is 75.3. The van der Waals surface area contributed by atoms with Crippen LogP contribution in [0.5, 0.6) is 0 Å². The second-order valence-electron chi connectivity index (χ2n) is 38.8. The van der Waals surface area contributed by atoms with Crippen molar-refractivity contribution in [1.82, 2.24) is 75.5 Å². The molecule has 5 aromatic heterocycles. The Morgan fingerprint density at radius 3 is 0.828 bits per heavy atom. The summed E-state index contributed by atoms with van der Waals surface area (Å²) < 4.78 is 30.2. The summed E-state index contributed by atoms with van der Waals surface area (Å²) in [4.78, 5) is 12.1. The average molecular weight is 1610 g/mol. The van der Waals surface area contributed by atoms with E-state index < -0.39 is 0 Å². The highest BCUT2D eigenvalue weighted by atomic mass is 16.5. The normalized spacial score (nSPS) is 27.4. The van der Waals surface area contributed by atoms with Crippen molar-refractivity contribution >= 4 is 0 Å². The van der Waals surface area contributed by atoms with Gasteiger partial charge in [-0.05, 0) is 291 Å². The number of unbranched alkanes of at least 4 members (excludes halogenated alkanes) is 5. The molecule has 0 amide bonds. The molecular weight excluding hydrogens is 1440 g/mol. The van der Waals surface area contributed by atoms with Crippen molar-refractivity contribution in [1.29, 1.82) is 0 Å². The van der Waals surface area contributed by atoms with E-state index in [0.29, 0.717) is 64.8 Å². The van der Waals surface area contributed by atoms with Crippen LogP contribution in [0.15, 0.2) is 31.0 Å². The van der Waals surface area contributed by atoms with E-state index in [1.165, 1.54) is 372 Å². The first-order valence-electron chi connectivity index (χ1n) is 48.3. The van der Waals surface area contributed by atoms with Crippen LogP contribution in [0.2, 0.25) is 0 Å². The Morgan fingerprint density at radius 1 is 0.310 bits per heavy atom. The lowest BCUT2D eigenvalue weighted by Gasteiger charge is -2.36. The lowest BCUT2D eigenvalue weighted by atomic mass is 9.69. The third-order valence-corrected chi connectivity index (χ3v) is 29.2. The van der Waals surface area contributed by atoms with Gasteiger partial charge in [-0.25, -0.2) is 0 Å². The van der Waals surface area contributed by atoms with Gasteiger partial charge in [0.25, 0.3) is 0 Å². The topological polar surface area (TPSA) is 206 Å². The fraction of sp³-hybridized carbons (Fsp3) is 0.844. The fourth-order valence-corrected chi connectivity index (χ4v) is 21.6. The van der Waals surface area contributed by atoms with E-state index in [1.54, 1.807) is 0 Å². The van der Waals surface area contributed by atoms with Crippen molar-refractivity contribution in [3.05, 3.63) is 87.3 Å². The summed E-state index contributed by atoms with van der Waals surface area (Å²) in [6, 6.07) is 0. The SMILES string of the molecule is CCCCN(C)Cc1cn[nH]c1C1CCC(OC2CCCCC2)CC1.CCCCN(C)Cc1cn[nH]c1C1CCC(OC2CCCCC2)CC1.CCCCN(C)Cc1cn[nH]c1C1CCC2(CCCO2)CC1.CCCCN(C)Cc1cn[nH]c1C1CCC2(CCOC2)CC1.CCCCN(C)Cc1cn[nH]c1C1CCC2(CCOC2)CC1. The Labute approximate surface area is 704 Å². The maximum absolute atomic E-state index is 6.40. The van der Waals surface area contributed by atoms with Crippen molar-refractivity contribution in [3.63, 3.8) is 0 Å². The van der Waals surface area contributed by atoms with Gasteiger partial charge in [0.1, 0.15) is 0 Å². The first-order chi connectivity index (χ1) is 56.7. The van der Waals surface area contributed by atoms with Gasteiger partial charge in [-0.2, -0.15) is 25.5 Å². The predicted molar refractivity (Wildman–Crippen MR) is 472 cm³/mol. The lowest BCUT2D eigenvalue weighted by Crippen LogP contribution is -2.33. The molecule has 7 saturated carbocycles. The minimum Gasteiger partial charge on any atom is -0.381 e. The van der Waals surface area contributed by atoms with Gasteiger partial charge in [0.2, 0.25) is 0 Å². The highest BCUT2D eigenvalue weighted by Crippen LogP contribution is 2.50. The molecule has 10 aliphatic rings. The van der Waals surface area contributed by atoms with E-state index in [0.717, 1.165) is 65.8 Å². The molecule has 116 heavy (non-hydrogen) atoms. The van der Waals surface area contributed by atoms with Crippen molar-refractivity contribution in [2.24, 2.45) is 10.8 Å². The van der Waals surface area contributed by atoms with E-state index in [9.17, 15) is 0 Å². The van der Waals surface area contributed by atoms with Crippen LogP contribution in [-0.4, -0.2) is 206 Å². The Balaban J connectivity index is 0.000000143. The molecule has 5 aromatic rings. The van der Waals surface area contributed by atoms with Gasteiger partial charge < -0.3 is 48.2 Å². The molecule has 656 valence electrons. The van der Waals surface area contributed by atoms with Gasteiger partial charge in [-0.15, -0.1) is 0 Å². The maximum Gasteiger partial charge on any atom is 0.0683 e. The molecule has 15 rings (SSSR count).